The van der Waals surface area contributed by atoms with Crippen LogP contribution >= 0.6 is 0 Å². The summed E-state index contributed by atoms with van der Waals surface area (Å²) in [7, 11) is 0. The van der Waals surface area contributed by atoms with Gasteiger partial charge in [0.05, 0.1) is 5.56 Å². The topological polar surface area (TPSA) is 42.9 Å². The lowest BCUT2D eigenvalue weighted by atomic mass is 10.1. The van der Waals surface area contributed by atoms with Gasteiger partial charge in [-0.15, -0.1) is 0 Å². The van der Waals surface area contributed by atoms with Crippen LogP contribution in [0.5, 0.6) is 0 Å². The Bertz CT molecular complexity index is 988. The molecule has 0 fully saturated rings. The van der Waals surface area contributed by atoms with Crippen molar-refractivity contribution in [2.24, 2.45) is 0 Å². The Hall–Kier alpha value is -3.08. The van der Waals surface area contributed by atoms with Crippen molar-refractivity contribution < 1.29 is 18.5 Å². The molecule has 2 aromatic heterocycles. The molecule has 0 saturated heterocycles. The lowest BCUT2D eigenvalue weighted by Gasteiger charge is -2.09. The zero-order valence-corrected chi connectivity index (χ0v) is 15.0. The first-order chi connectivity index (χ1) is 12.4. The van der Waals surface area contributed by atoms with E-state index in [1.54, 1.807) is 41.2 Å². The van der Waals surface area contributed by atoms with Gasteiger partial charge in [0.15, 0.2) is 18.2 Å². The van der Waals surface area contributed by atoms with Crippen molar-refractivity contribution in [2.45, 2.75) is 27.3 Å². The first kappa shape index (κ1) is 17.7. The molecule has 0 aliphatic rings. The van der Waals surface area contributed by atoms with Gasteiger partial charge in [0.1, 0.15) is 5.82 Å². The van der Waals surface area contributed by atoms with Crippen LogP contribution in [0, 0.1) is 19.7 Å². The van der Waals surface area contributed by atoms with Crippen LogP contribution in [0.3, 0.4) is 0 Å². The minimum absolute atomic E-state index is 0.0405. The fraction of sp³-hybridized carbons (Fsp3) is 0.190. The highest BCUT2D eigenvalue weighted by atomic mass is 19.1. The van der Waals surface area contributed by atoms with Gasteiger partial charge in [0.25, 0.3) is 0 Å². The Morgan fingerprint density at radius 1 is 1.12 bits per heavy atom. The van der Waals surface area contributed by atoms with E-state index in [2.05, 4.69) is 0 Å². The summed E-state index contributed by atoms with van der Waals surface area (Å²) in [6.07, 6.45) is 3.45. The number of hydrogen-bond donors (Lipinski definition) is 0. The number of halogens is 1. The average molecular weight is 351 g/mol. The molecule has 0 aliphatic carbocycles. The largest absolute Gasteiger partial charge is 0.318 e. The first-order valence-electron chi connectivity index (χ1n) is 8.35. The Labute approximate surface area is 151 Å². The standard InChI is InChI=1S/C21H20FN2O2/c1-14-11-20(15(2)24(14)19-8-6-18(22)7-9-19)21(26)13-23-10-4-5-17(12-23)16(3)25/h4-12H,13H2,1-3H3/q+1. The van der Waals surface area contributed by atoms with E-state index in [4.69, 9.17) is 0 Å². The molecular weight excluding hydrogens is 331 g/mol. The molecule has 0 saturated carbocycles. The molecule has 0 amide bonds. The van der Waals surface area contributed by atoms with Gasteiger partial charge in [0, 0.05) is 28.7 Å². The molecule has 0 bridgehead atoms. The van der Waals surface area contributed by atoms with E-state index in [1.807, 2.05) is 24.5 Å². The Morgan fingerprint density at radius 3 is 2.46 bits per heavy atom. The molecule has 4 nitrogen and oxygen atoms in total. The molecule has 2 heterocycles. The van der Waals surface area contributed by atoms with Crippen LogP contribution in [0.2, 0.25) is 0 Å². The van der Waals surface area contributed by atoms with Crippen molar-refractivity contribution in [3.8, 4) is 5.69 Å². The SMILES string of the molecule is CC(=O)c1ccc[n+](CC(=O)c2cc(C)n(-c3ccc(F)cc3)c2C)c1. The number of Topliss-reactive ketones (excluding diaryl/α,β-unsaturated/α-hetero) is 2. The lowest BCUT2D eigenvalue weighted by molar-refractivity contribution is -0.683. The molecule has 0 unspecified atom stereocenters. The highest BCUT2D eigenvalue weighted by Crippen LogP contribution is 2.21. The number of hydrogen-bond acceptors (Lipinski definition) is 2. The van der Waals surface area contributed by atoms with Crippen LogP contribution in [0.25, 0.3) is 5.69 Å². The number of benzene rings is 1. The highest BCUT2D eigenvalue weighted by molar-refractivity contribution is 5.97. The normalized spacial score (nSPS) is 10.8. The molecular formula is C21H20FN2O2+. The second kappa shape index (κ2) is 7.04. The van der Waals surface area contributed by atoms with Crippen LogP contribution in [-0.4, -0.2) is 16.1 Å². The molecule has 1 aromatic carbocycles. The van der Waals surface area contributed by atoms with E-state index in [1.165, 1.54) is 19.1 Å². The predicted molar refractivity (Wildman–Crippen MR) is 96.2 cm³/mol. The van der Waals surface area contributed by atoms with E-state index in [0.717, 1.165) is 17.1 Å². The molecule has 3 aromatic rings. The fourth-order valence-corrected chi connectivity index (χ4v) is 3.11. The second-order valence-corrected chi connectivity index (χ2v) is 6.34. The molecule has 3 rings (SSSR count). The molecule has 0 aliphatic heterocycles. The number of nitrogens with zero attached hydrogens (tertiary/aromatic N) is 2. The maximum absolute atomic E-state index is 13.2. The number of carbonyl (C=O) groups is 2. The zero-order valence-electron chi connectivity index (χ0n) is 15.0. The van der Waals surface area contributed by atoms with Crippen molar-refractivity contribution in [3.63, 3.8) is 0 Å². The first-order valence-corrected chi connectivity index (χ1v) is 8.35. The summed E-state index contributed by atoms with van der Waals surface area (Å²) in [6.45, 7) is 5.43. The minimum atomic E-state index is -0.297. The molecule has 0 radical (unpaired) electrons. The molecule has 0 spiro atoms. The third-order valence-corrected chi connectivity index (χ3v) is 4.41. The van der Waals surface area contributed by atoms with E-state index < -0.39 is 0 Å². The summed E-state index contributed by atoms with van der Waals surface area (Å²) in [5, 5.41) is 0. The van der Waals surface area contributed by atoms with Gasteiger partial charge in [-0.05, 0) is 57.2 Å². The number of aryl methyl sites for hydroxylation is 1. The van der Waals surface area contributed by atoms with Gasteiger partial charge < -0.3 is 4.57 Å². The Balaban J connectivity index is 1.91. The molecule has 0 atom stereocenters. The third-order valence-electron chi connectivity index (χ3n) is 4.41. The molecule has 0 N–H and O–H groups in total. The van der Waals surface area contributed by atoms with Gasteiger partial charge >= 0.3 is 0 Å². The number of pyridine rings is 1. The Morgan fingerprint density at radius 2 is 1.81 bits per heavy atom. The summed E-state index contributed by atoms with van der Waals surface area (Å²) < 4.78 is 16.8. The number of rotatable bonds is 5. The highest BCUT2D eigenvalue weighted by Gasteiger charge is 2.20. The van der Waals surface area contributed by atoms with Gasteiger partial charge in [-0.2, -0.15) is 4.57 Å². The molecule has 5 heteroatoms. The van der Waals surface area contributed by atoms with Crippen molar-refractivity contribution in [1.29, 1.82) is 0 Å². The fourth-order valence-electron chi connectivity index (χ4n) is 3.11. The van der Waals surface area contributed by atoms with Crippen LogP contribution < -0.4 is 4.57 Å². The van der Waals surface area contributed by atoms with Gasteiger partial charge in [0.2, 0.25) is 12.3 Å². The van der Waals surface area contributed by atoms with Gasteiger partial charge in [-0.3, -0.25) is 9.59 Å². The molecule has 132 valence electrons. The third kappa shape index (κ3) is 3.47. The Kier molecular flexibility index (Phi) is 4.80. The van der Waals surface area contributed by atoms with Crippen molar-refractivity contribution in [3.05, 3.63) is 83.2 Å². The summed E-state index contributed by atoms with van der Waals surface area (Å²) in [6, 6.07) is 11.5. The number of aromatic nitrogens is 2. The molecule has 26 heavy (non-hydrogen) atoms. The van der Waals surface area contributed by atoms with Crippen molar-refractivity contribution in [1.82, 2.24) is 4.57 Å². The maximum atomic E-state index is 13.2. The predicted octanol–water partition coefficient (Wildman–Crippen LogP) is 3.61. The van der Waals surface area contributed by atoms with E-state index >= 15 is 0 Å². The van der Waals surface area contributed by atoms with Crippen molar-refractivity contribution in [2.75, 3.05) is 0 Å². The van der Waals surface area contributed by atoms with E-state index in [0.29, 0.717) is 11.1 Å². The summed E-state index contributed by atoms with van der Waals surface area (Å²) in [5.41, 5.74) is 3.71. The number of ketones is 2. The zero-order chi connectivity index (χ0) is 18.8. The van der Waals surface area contributed by atoms with E-state index in [9.17, 15) is 14.0 Å². The van der Waals surface area contributed by atoms with Crippen molar-refractivity contribution >= 4 is 11.6 Å². The van der Waals surface area contributed by atoms with Crippen LogP contribution in [0.4, 0.5) is 4.39 Å². The smallest absolute Gasteiger partial charge is 0.229 e. The maximum Gasteiger partial charge on any atom is 0.229 e. The van der Waals surface area contributed by atoms with Crippen LogP contribution in [0.1, 0.15) is 39.0 Å². The minimum Gasteiger partial charge on any atom is -0.318 e. The summed E-state index contributed by atoms with van der Waals surface area (Å²) >= 11 is 0. The van der Waals surface area contributed by atoms with Crippen LogP contribution in [0.15, 0.2) is 54.9 Å². The second-order valence-electron chi connectivity index (χ2n) is 6.34. The van der Waals surface area contributed by atoms with Crippen LogP contribution in [-0.2, 0) is 6.54 Å². The number of carbonyl (C=O) groups excluding carboxylic acids is 2. The van der Waals surface area contributed by atoms with Gasteiger partial charge in [-0.25, -0.2) is 4.39 Å². The lowest BCUT2D eigenvalue weighted by Crippen LogP contribution is -2.38. The summed E-state index contributed by atoms with van der Waals surface area (Å²) in [5.74, 6) is -0.382. The monoisotopic (exact) mass is 351 g/mol. The van der Waals surface area contributed by atoms with E-state index in [-0.39, 0.29) is 23.9 Å². The average Bonchev–Trinajstić information content (AvgIpc) is 2.91. The quantitative estimate of drug-likeness (QED) is 0.521. The summed E-state index contributed by atoms with van der Waals surface area (Å²) in [4.78, 5) is 24.3. The van der Waals surface area contributed by atoms with Gasteiger partial charge in [-0.1, -0.05) is 0 Å².